The number of rotatable bonds is 5. The molecule has 22 heavy (non-hydrogen) atoms. The van der Waals surface area contributed by atoms with E-state index in [-0.39, 0.29) is 32.2 Å². The summed E-state index contributed by atoms with van der Waals surface area (Å²) in [4.78, 5) is 19.2. The number of aryl methyl sites for hydroxylation is 1. The molecule has 116 valence electrons. The van der Waals surface area contributed by atoms with Gasteiger partial charge in [-0.25, -0.2) is 0 Å². The van der Waals surface area contributed by atoms with Gasteiger partial charge in [0.1, 0.15) is 0 Å². The first-order valence-corrected chi connectivity index (χ1v) is 7.67. The van der Waals surface area contributed by atoms with Crippen LogP contribution in [0.5, 0.6) is 0 Å². The van der Waals surface area contributed by atoms with E-state index >= 15 is 0 Å². The van der Waals surface area contributed by atoms with Crippen LogP contribution < -0.4 is 0 Å². The van der Waals surface area contributed by atoms with E-state index in [4.69, 9.17) is 0 Å². The largest absolute Gasteiger partial charge is 0.395 e. The van der Waals surface area contributed by atoms with Gasteiger partial charge in [-0.1, -0.05) is 18.2 Å². The van der Waals surface area contributed by atoms with E-state index < -0.39 is 0 Å². The summed E-state index contributed by atoms with van der Waals surface area (Å²) in [6, 6.07) is 7.67. The predicted octanol–water partition coefficient (Wildman–Crippen LogP) is 1.15. The Morgan fingerprint density at radius 2 is 1.86 bits per heavy atom. The van der Waals surface area contributed by atoms with Crippen LogP contribution in [-0.2, 0) is 12.8 Å². The van der Waals surface area contributed by atoms with Crippen molar-refractivity contribution in [2.24, 2.45) is 0 Å². The van der Waals surface area contributed by atoms with Gasteiger partial charge in [0.25, 0.3) is 5.91 Å². The third-order valence-electron chi connectivity index (χ3n) is 4.16. The monoisotopic (exact) mass is 300 g/mol. The summed E-state index contributed by atoms with van der Waals surface area (Å²) in [5, 5.41) is 19.2. The second kappa shape index (κ2) is 6.42. The van der Waals surface area contributed by atoms with Crippen LogP contribution >= 0.6 is 0 Å². The lowest BCUT2D eigenvalue weighted by atomic mass is 10.00. The van der Waals surface area contributed by atoms with Crippen LogP contribution in [0, 0.1) is 0 Å². The molecule has 1 aliphatic rings. The molecule has 1 aromatic heterocycles. The quantitative estimate of drug-likeness (QED) is 0.869. The number of carbonyl (C=O) groups is 1. The Bertz CT molecular complexity index is 694. The highest BCUT2D eigenvalue weighted by molar-refractivity contribution is 6.07. The SMILES string of the molecule is O=C(c1c2c(nc3ccccc13)CCC2)N(CCO)CCO. The standard InChI is InChI=1S/C17H20N2O3/c20-10-8-19(9-11-21)17(22)16-12-4-1-2-6-14(12)18-15-7-3-5-13(15)16/h1-2,4,6,20-21H,3,5,7-11H2. The van der Waals surface area contributed by atoms with Gasteiger partial charge < -0.3 is 15.1 Å². The van der Waals surface area contributed by atoms with Crippen molar-refractivity contribution < 1.29 is 15.0 Å². The Morgan fingerprint density at radius 1 is 1.14 bits per heavy atom. The molecule has 0 unspecified atom stereocenters. The molecule has 1 aromatic carbocycles. The molecular weight excluding hydrogens is 280 g/mol. The number of aliphatic hydroxyl groups excluding tert-OH is 2. The number of hydrogen-bond donors (Lipinski definition) is 2. The van der Waals surface area contributed by atoms with E-state index in [1.165, 1.54) is 4.90 Å². The number of pyridine rings is 1. The van der Waals surface area contributed by atoms with E-state index in [0.717, 1.165) is 41.4 Å². The average Bonchev–Trinajstić information content (AvgIpc) is 2.99. The van der Waals surface area contributed by atoms with Crippen molar-refractivity contribution >= 4 is 16.8 Å². The number of fused-ring (bicyclic) bond motifs is 2. The molecule has 0 aliphatic heterocycles. The summed E-state index contributed by atoms with van der Waals surface area (Å²) in [6.45, 7) is 0.226. The molecule has 0 fully saturated rings. The van der Waals surface area contributed by atoms with Crippen LogP contribution in [0.2, 0.25) is 0 Å². The Labute approximate surface area is 129 Å². The molecule has 0 atom stereocenters. The first-order valence-electron chi connectivity index (χ1n) is 7.67. The fourth-order valence-electron chi connectivity index (χ4n) is 3.17. The smallest absolute Gasteiger partial charge is 0.255 e. The maximum absolute atomic E-state index is 13.0. The zero-order chi connectivity index (χ0) is 15.5. The molecule has 0 bridgehead atoms. The summed E-state index contributed by atoms with van der Waals surface area (Å²) in [5.74, 6) is -0.125. The van der Waals surface area contributed by atoms with Gasteiger partial charge in [-0.05, 0) is 30.9 Å². The van der Waals surface area contributed by atoms with Gasteiger partial charge in [-0.3, -0.25) is 9.78 Å². The Balaban J connectivity index is 2.14. The van der Waals surface area contributed by atoms with Crippen LogP contribution in [0.15, 0.2) is 24.3 Å². The average molecular weight is 300 g/mol. The molecule has 0 saturated carbocycles. The molecule has 1 amide bonds. The highest BCUT2D eigenvalue weighted by Gasteiger charge is 2.26. The van der Waals surface area contributed by atoms with Crippen LogP contribution in [0.25, 0.3) is 10.9 Å². The maximum Gasteiger partial charge on any atom is 0.255 e. The number of benzene rings is 1. The van der Waals surface area contributed by atoms with Crippen molar-refractivity contribution in [1.82, 2.24) is 9.88 Å². The zero-order valence-corrected chi connectivity index (χ0v) is 12.5. The summed E-state index contributed by atoms with van der Waals surface area (Å²) in [7, 11) is 0. The van der Waals surface area contributed by atoms with Crippen molar-refractivity contribution in [3.63, 3.8) is 0 Å². The topological polar surface area (TPSA) is 73.7 Å². The molecule has 2 aromatic rings. The summed E-state index contributed by atoms with van der Waals surface area (Å²) >= 11 is 0. The predicted molar refractivity (Wildman–Crippen MR) is 83.8 cm³/mol. The number of carbonyl (C=O) groups excluding carboxylic acids is 1. The van der Waals surface area contributed by atoms with Gasteiger partial charge in [-0.2, -0.15) is 0 Å². The highest BCUT2D eigenvalue weighted by atomic mass is 16.3. The molecule has 0 radical (unpaired) electrons. The lowest BCUT2D eigenvalue weighted by Crippen LogP contribution is -2.36. The third kappa shape index (κ3) is 2.58. The number of para-hydroxylation sites is 1. The van der Waals surface area contributed by atoms with Crippen molar-refractivity contribution in [2.75, 3.05) is 26.3 Å². The molecule has 0 spiro atoms. The van der Waals surface area contributed by atoms with Crippen molar-refractivity contribution in [3.8, 4) is 0 Å². The second-order valence-electron chi connectivity index (χ2n) is 5.52. The minimum atomic E-state index is -0.125. The number of amides is 1. The number of nitrogens with zero attached hydrogens (tertiary/aromatic N) is 2. The van der Waals surface area contributed by atoms with Crippen LogP contribution in [0.1, 0.15) is 28.0 Å². The normalized spacial score (nSPS) is 13.4. The lowest BCUT2D eigenvalue weighted by Gasteiger charge is -2.23. The highest BCUT2D eigenvalue weighted by Crippen LogP contribution is 2.30. The summed E-state index contributed by atoms with van der Waals surface area (Å²) in [5.41, 5.74) is 3.57. The van der Waals surface area contributed by atoms with Crippen molar-refractivity contribution in [3.05, 3.63) is 41.1 Å². The van der Waals surface area contributed by atoms with Gasteiger partial charge in [-0.15, -0.1) is 0 Å². The van der Waals surface area contributed by atoms with Crippen molar-refractivity contribution in [1.29, 1.82) is 0 Å². The van der Waals surface area contributed by atoms with Gasteiger partial charge in [0.15, 0.2) is 0 Å². The molecule has 5 nitrogen and oxygen atoms in total. The molecule has 2 N–H and O–H groups in total. The number of aliphatic hydroxyl groups is 2. The van der Waals surface area contributed by atoms with Crippen molar-refractivity contribution in [2.45, 2.75) is 19.3 Å². The van der Waals surface area contributed by atoms with Gasteiger partial charge in [0.2, 0.25) is 0 Å². The zero-order valence-electron chi connectivity index (χ0n) is 12.5. The van der Waals surface area contributed by atoms with Gasteiger partial charge in [0.05, 0.1) is 24.3 Å². The molecule has 0 saturated heterocycles. The first kappa shape index (κ1) is 14.9. The van der Waals surface area contributed by atoms with Gasteiger partial charge in [0, 0.05) is 24.2 Å². The Hall–Kier alpha value is -1.98. The summed E-state index contributed by atoms with van der Waals surface area (Å²) in [6.07, 6.45) is 2.78. The fourth-order valence-corrected chi connectivity index (χ4v) is 3.17. The van der Waals surface area contributed by atoms with E-state index in [2.05, 4.69) is 4.98 Å². The number of aromatic nitrogens is 1. The Morgan fingerprint density at radius 3 is 2.59 bits per heavy atom. The number of hydrogen-bond acceptors (Lipinski definition) is 4. The van der Waals surface area contributed by atoms with E-state index in [9.17, 15) is 15.0 Å². The fraction of sp³-hybridized carbons (Fsp3) is 0.412. The Kier molecular flexibility index (Phi) is 4.36. The molecular formula is C17H20N2O3. The molecule has 1 aliphatic carbocycles. The third-order valence-corrected chi connectivity index (χ3v) is 4.16. The maximum atomic E-state index is 13.0. The first-order chi connectivity index (χ1) is 10.8. The lowest BCUT2D eigenvalue weighted by molar-refractivity contribution is 0.0685. The molecule has 1 heterocycles. The van der Waals surface area contributed by atoms with E-state index in [0.29, 0.717) is 5.56 Å². The minimum Gasteiger partial charge on any atom is -0.395 e. The van der Waals surface area contributed by atoms with E-state index in [1.807, 2.05) is 24.3 Å². The minimum absolute atomic E-state index is 0.114. The summed E-state index contributed by atoms with van der Waals surface area (Å²) < 4.78 is 0. The van der Waals surface area contributed by atoms with E-state index in [1.54, 1.807) is 0 Å². The molecule has 5 heteroatoms. The van der Waals surface area contributed by atoms with Crippen LogP contribution in [0.3, 0.4) is 0 Å². The second-order valence-corrected chi connectivity index (χ2v) is 5.52. The van der Waals surface area contributed by atoms with Crippen LogP contribution in [-0.4, -0.2) is 52.3 Å². The van der Waals surface area contributed by atoms with Gasteiger partial charge >= 0.3 is 0 Å². The van der Waals surface area contributed by atoms with Crippen LogP contribution in [0.4, 0.5) is 0 Å². The molecule has 3 rings (SSSR count).